The zero-order chi connectivity index (χ0) is 18.1. The Balaban J connectivity index is 1.84. The highest BCUT2D eigenvalue weighted by molar-refractivity contribution is 7.92. The third-order valence-electron chi connectivity index (χ3n) is 3.24. The summed E-state index contributed by atoms with van der Waals surface area (Å²) in [5.41, 5.74) is -0.912. The molecule has 2 heterocycles. The molecule has 0 aliphatic heterocycles. The molecule has 0 spiro atoms. The molecular formula is C15H11F3N4O2S. The fourth-order valence-corrected chi connectivity index (χ4v) is 3.14. The lowest BCUT2D eigenvalue weighted by Gasteiger charge is -2.11. The number of hydrogen-bond acceptors (Lipinski definition) is 4. The van der Waals surface area contributed by atoms with Crippen LogP contribution >= 0.6 is 0 Å². The third kappa shape index (κ3) is 3.79. The Labute approximate surface area is 141 Å². The van der Waals surface area contributed by atoms with Crippen molar-refractivity contribution in [2.24, 2.45) is 0 Å². The van der Waals surface area contributed by atoms with Crippen molar-refractivity contribution in [3.63, 3.8) is 0 Å². The molecule has 130 valence electrons. The molecule has 0 aliphatic rings. The van der Waals surface area contributed by atoms with Crippen LogP contribution in [0.25, 0.3) is 5.82 Å². The smallest absolute Gasteiger partial charge is 0.291 e. The van der Waals surface area contributed by atoms with Crippen LogP contribution < -0.4 is 4.72 Å². The molecule has 0 fully saturated rings. The van der Waals surface area contributed by atoms with E-state index in [4.69, 9.17) is 0 Å². The normalized spacial score (nSPS) is 12.1. The van der Waals surface area contributed by atoms with Gasteiger partial charge in [-0.2, -0.15) is 13.2 Å². The second-order valence-corrected chi connectivity index (χ2v) is 6.69. The number of hydrogen-bond donors (Lipinski definition) is 1. The summed E-state index contributed by atoms with van der Waals surface area (Å²) in [7, 11) is -4.17. The van der Waals surface area contributed by atoms with Crippen LogP contribution in [-0.4, -0.2) is 23.0 Å². The predicted octanol–water partition coefficient (Wildman–Crippen LogP) is 3.09. The molecule has 2 aromatic heterocycles. The van der Waals surface area contributed by atoms with Crippen molar-refractivity contribution in [3.8, 4) is 5.82 Å². The lowest BCUT2D eigenvalue weighted by atomic mass is 10.2. The summed E-state index contributed by atoms with van der Waals surface area (Å²) < 4.78 is 66.6. The molecule has 3 aromatic rings. The molecule has 0 radical (unpaired) electrons. The first-order valence-electron chi connectivity index (χ1n) is 6.90. The molecule has 6 nitrogen and oxygen atoms in total. The first kappa shape index (κ1) is 17.0. The molecule has 0 unspecified atom stereocenters. The van der Waals surface area contributed by atoms with Crippen LogP contribution in [0, 0.1) is 0 Å². The minimum atomic E-state index is -4.63. The van der Waals surface area contributed by atoms with Crippen molar-refractivity contribution in [2.75, 3.05) is 4.72 Å². The Morgan fingerprint density at radius 2 is 1.92 bits per heavy atom. The van der Waals surface area contributed by atoms with Crippen molar-refractivity contribution in [2.45, 2.75) is 11.1 Å². The van der Waals surface area contributed by atoms with Crippen molar-refractivity contribution in [1.29, 1.82) is 0 Å². The van der Waals surface area contributed by atoms with Crippen molar-refractivity contribution >= 4 is 15.7 Å². The molecule has 25 heavy (non-hydrogen) atoms. The summed E-state index contributed by atoms with van der Waals surface area (Å²) in [4.78, 5) is 7.45. The van der Waals surface area contributed by atoms with Crippen LogP contribution in [-0.2, 0) is 16.2 Å². The lowest BCUT2D eigenvalue weighted by Crippen LogP contribution is -2.15. The van der Waals surface area contributed by atoms with Crippen LogP contribution in [0.3, 0.4) is 0 Å². The number of sulfonamides is 1. The molecule has 0 atom stereocenters. The Bertz CT molecular complexity index is 969. The quantitative estimate of drug-likeness (QED) is 0.768. The maximum absolute atomic E-state index is 12.7. The van der Waals surface area contributed by atoms with E-state index in [2.05, 4.69) is 14.7 Å². The average molecular weight is 368 g/mol. The van der Waals surface area contributed by atoms with E-state index in [-0.39, 0.29) is 5.69 Å². The van der Waals surface area contributed by atoms with E-state index in [0.717, 1.165) is 18.2 Å². The van der Waals surface area contributed by atoms with E-state index in [9.17, 15) is 21.6 Å². The largest absolute Gasteiger partial charge is 0.416 e. The van der Waals surface area contributed by atoms with Gasteiger partial charge in [0.25, 0.3) is 10.0 Å². The molecular weight excluding hydrogens is 357 g/mol. The number of benzene rings is 1. The Kier molecular flexibility index (Phi) is 4.21. The van der Waals surface area contributed by atoms with Crippen molar-refractivity contribution in [3.05, 3.63) is 66.9 Å². The Morgan fingerprint density at radius 3 is 2.52 bits per heavy atom. The first-order chi connectivity index (χ1) is 11.8. The van der Waals surface area contributed by atoms with E-state index >= 15 is 0 Å². The van der Waals surface area contributed by atoms with Gasteiger partial charge in [-0.05, 0) is 30.3 Å². The maximum atomic E-state index is 12.7. The monoisotopic (exact) mass is 368 g/mol. The van der Waals surface area contributed by atoms with Gasteiger partial charge in [0, 0.05) is 12.4 Å². The van der Waals surface area contributed by atoms with Gasteiger partial charge in [0.1, 0.15) is 12.1 Å². The minimum absolute atomic E-state index is 0.126. The summed E-state index contributed by atoms with van der Waals surface area (Å²) in [6.45, 7) is 0. The molecule has 1 aromatic carbocycles. The topological polar surface area (TPSA) is 76.9 Å². The summed E-state index contributed by atoms with van der Waals surface area (Å²) in [6, 6.07) is 6.51. The van der Waals surface area contributed by atoms with Gasteiger partial charge in [0.15, 0.2) is 0 Å². The standard InChI is InChI=1S/C15H11F3N4O2S/c16-15(17,18)11-2-1-3-13(8-11)25(23,24)21-12-4-5-14(20-9-12)22-7-6-19-10-22/h1-10,21H. The molecule has 1 N–H and O–H groups in total. The summed E-state index contributed by atoms with van der Waals surface area (Å²) in [6.07, 6.45) is 1.38. The molecule has 0 bridgehead atoms. The first-order valence-corrected chi connectivity index (χ1v) is 8.38. The zero-order valence-corrected chi connectivity index (χ0v) is 13.3. The number of nitrogens with one attached hydrogen (secondary N) is 1. The van der Waals surface area contributed by atoms with Crippen LogP contribution in [0.5, 0.6) is 0 Å². The van der Waals surface area contributed by atoms with Crippen LogP contribution in [0.4, 0.5) is 18.9 Å². The van der Waals surface area contributed by atoms with Gasteiger partial charge < -0.3 is 0 Å². The number of halogens is 3. The number of pyridine rings is 1. The molecule has 3 rings (SSSR count). The van der Waals surface area contributed by atoms with E-state index in [0.29, 0.717) is 11.9 Å². The van der Waals surface area contributed by atoms with E-state index in [1.165, 1.54) is 18.6 Å². The number of nitrogens with zero attached hydrogens (tertiary/aromatic N) is 3. The Morgan fingerprint density at radius 1 is 1.12 bits per heavy atom. The van der Waals surface area contributed by atoms with Crippen LogP contribution in [0.2, 0.25) is 0 Å². The molecule has 0 saturated carbocycles. The summed E-state index contributed by atoms with van der Waals surface area (Å²) >= 11 is 0. The molecule has 0 aliphatic carbocycles. The van der Waals surface area contributed by atoms with Gasteiger partial charge in [-0.15, -0.1) is 0 Å². The maximum Gasteiger partial charge on any atom is 0.416 e. The van der Waals surface area contributed by atoms with Gasteiger partial charge in [-0.25, -0.2) is 18.4 Å². The number of imidazole rings is 1. The van der Waals surface area contributed by atoms with Crippen molar-refractivity contribution in [1.82, 2.24) is 14.5 Å². The van der Waals surface area contributed by atoms with Gasteiger partial charge in [-0.1, -0.05) is 6.07 Å². The highest BCUT2D eigenvalue weighted by Crippen LogP contribution is 2.30. The third-order valence-corrected chi connectivity index (χ3v) is 4.62. The number of alkyl halides is 3. The zero-order valence-electron chi connectivity index (χ0n) is 12.5. The summed E-state index contributed by atoms with van der Waals surface area (Å²) in [5, 5.41) is 0. The highest BCUT2D eigenvalue weighted by atomic mass is 32.2. The Hall–Kier alpha value is -2.88. The second kappa shape index (κ2) is 6.20. The van der Waals surface area contributed by atoms with E-state index in [1.54, 1.807) is 23.0 Å². The number of aromatic nitrogens is 3. The average Bonchev–Trinajstić information content (AvgIpc) is 3.09. The number of anilines is 1. The number of rotatable bonds is 4. The molecule has 0 amide bonds. The predicted molar refractivity (Wildman–Crippen MR) is 83.6 cm³/mol. The molecule has 10 heteroatoms. The minimum Gasteiger partial charge on any atom is -0.291 e. The van der Waals surface area contributed by atoms with E-state index < -0.39 is 26.7 Å². The molecule has 0 saturated heterocycles. The van der Waals surface area contributed by atoms with Gasteiger partial charge >= 0.3 is 6.18 Å². The fraction of sp³-hybridized carbons (Fsp3) is 0.0667. The van der Waals surface area contributed by atoms with Crippen molar-refractivity contribution < 1.29 is 21.6 Å². The van der Waals surface area contributed by atoms with E-state index in [1.807, 2.05) is 0 Å². The second-order valence-electron chi connectivity index (χ2n) is 5.01. The lowest BCUT2D eigenvalue weighted by molar-refractivity contribution is -0.137. The summed E-state index contributed by atoms with van der Waals surface area (Å²) in [5.74, 6) is 0.513. The van der Waals surface area contributed by atoms with Gasteiger partial charge in [-0.3, -0.25) is 9.29 Å². The fourth-order valence-electron chi connectivity index (χ4n) is 2.05. The SMILES string of the molecule is O=S(=O)(Nc1ccc(-n2ccnc2)nc1)c1cccc(C(F)(F)F)c1. The van der Waals surface area contributed by atoms with Crippen LogP contribution in [0.15, 0.2) is 66.2 Å². The van der Waals surface area contributed by atoms with Gasteiger partial charge in [0.05, 0.1) is 22.3 Å². The highest BCUT2D eigenvalue weighted by Gasteiger charge is 2.31. The van der Waals surface area contributed by atoms with Gasteiger partial charge in [0.2, 0.25) is 0 Å². The van der Waals surface area contributed by atoms with Crippen LogP contribution in [0.1, 0.15) is 5.56 Å².